The molecule has 288 valence electrons. The van der Waals surface area contributed by atoms with Crippen LogP contribution in [0.15, 0.2) is 97.1 Å². The first-order chi connectivity index (χ1) is 26.9. The first-order valence-corrected chi connectivity index (χ1v) is 20.6. The van der Waals surface area contributed by atoms with Crippen LogP contribution >= 0.6 is 7.82 Å². The van der Waals surface area contributed by atoms with E-state index in [4.69, 9.17) is 0 Å². The minimum Gasteiger partial charge on any atom is -0.780 e. The average molecular weight is 817 g/mol. The van der Waals surface area contributed by atoms with Crippen molar-refractivity contribution in [2.24, 2.45) is 0 Å². The van der Waals surface area contributed by atoms with Gasteiger partial charge in [-0.15, -0.1) is 0 Å². The molecule has 1 atom stereocenters. The van der Waals surface area contributed by atoms with E-state index in [1.807, 2.05) is 64.4 Å². The largest absolute Gasteiger partial charge is 1.00 e. The molecule has 0 saturated carbocycles. The molecule has 11 nitrogen and oxygen atoms in total. The van der Waals surface area contributed by atoms with Gasteiger partial charge in [0.1, 0.15) is 13.6 Å². The van der Waals surface area contributed by atoms with Gasteiger partial charge in [0.05, 0.1) is 12.0 Å². The molecule has 0 saturated heterocycles. The molecule has 0 fully saturated rings. The van der Waals surface area contributed by atoms with E-state index in [-0.39, 0.29) is 88.6 Å². The van der Waals surface area contributed by atoms with Crippen LogP contribution in [-0.2, 0) is 54.7 Å². The Bertz CT molecular complexity index is 2380. The Labute approximate surface area is 383 Å². The van der Waals surface area contributed by atoms with Gasteiger partial charge in [0.15, 0.2) is 0 Å². The van der Waals surface area contributed by atoms with Gasteiger partial charge in [-0.1, -0.05) is 54.6 Å². The molecule has 0 N–H and O–H groups in total. The van der Waals surface area contributed by atoms with Gasteiger partial charge in [0.2, 0.25) is 5.91 Å². The molecule has 14 heteroatoms. The molecule has 0 spiro atoms. The number of phosphoric ester groups is 1. The molecule has 1 aromatic heterocycles. The summed E-state index contributed by atoms with van der Waals surface area (Å²) in [7, 11) is -3.58. The molecule has 58 heavy (non-hydrogen) atoms. The normalized spacial score (nSPS) is 15.8. The number of rotatable bonds is 8. The quantitative estimate of drug-likeness (QED) is 0.155. The number of hydrogen-bond donors (Lipinski definition) is 0. The molecule has 0 aliphatic carbocycles. The number of benzene rings is 4. The fourth-order valence-corrected chi connectivity index (χ4v) is 8.82. The number of phosphoric acid groups is 1. The number of anilines is 1. The van der Waals surface area contributed by atoms with Crippen molar-refractivity contribution in [3.8, 4) is 17.0 Å². The molecule has 0 unspecified atom stereocenters. The Hall–Kier alpha value is -3.48. The van der Waals surface area contributed by atoms with E-state index in [9.17, 15) is 28.7 Å². The Morgan fingerprint density at radius 2 is 1.50 bits per heavy atom. The van der Waals surface area contributed by atoms with Crippen molar-refractivity contribution in [3.63, 3.8) is 0 Å². The summed E-state index contributed by atoms with van der Waals surface area (Å²) < 4.78 is 17.8. The summed E-state index contributed by atoms with van der Waals surface area (Å²) in [6, 6.07) is 29.7. The maximum Gasteiger partial charge on any atom is 1.00 e. The second-order valence-corrected chi connectivity index (χ2v) is 16.1. The molecule has 0 radical (unpaired) electrons. The molecule has 3 aliphatic heterocycles. The van der Waals surface area contributed by atoms with Gasteiger partial charge in [0, 0.05) is 67.5 Å². The van der Waals surface area contributed by atoms with Gasteiger partial charge in [0.25, 0.3) is 11.8 Å². The number of amides is 3. The van der Waals surface area contributed by atoms with Crippen LogP contribution < -0.4 is 78.3 Å². The molecule has 4 heterocycles. The third kappa shape index (κ3) is 9.29. The van der Waals surface area contributed by atoms with Crippen molar-refractivity contribution >= 4 is 31.2 Å². The van der Waals surface area contributed by atoms with Crippen LogP contribution in [-0.4, -0.2) is 51.7 Å². The van der Waals surface area contributed by atoms with Gasteiger partial charge in [-0.25, -0.2) is 0 Å². The van der Waals surface area contributed by atoms with Crippen molar-refractivity contribution < 1.29 is 92.4 Å². The number of aromatic nitrogens is 1. The number of fused-ring (bicyclic) bond motifs is 3. The summed E-state index contributed by atoms with van der Waals surface area (Å²) in [4.78, 5) is 70.3. The third-order valence-electron chi connectivity index (χ3n) is 11.4. The van der Waals surface area contributed by atoms with Gasteiger partial charge < -0.3 is 38.1 Å². The maximum absolute atomic E-state index is 15.0. The second kappa shape index (κ2) is 18.4. The van der Waals surface area contributed by atoms with E-state index < -0.39 is 7.82 Å². The van der Waals surface area contributed by atoms with Crippen molar-refractivity contribution in [1.82, 2.24) is 14.4 Å². The van der Waals surface area contributed by atoms with Crippen molar-refractivity contribution in [2.75, 3.05) is 18.5 Å². The van der Waals surface area contributed by atoms with E-state index in [1.54, 1.807) is 7.05 Å². The van der Waals surface area contributed by atoms with Gasteiger partial charge >= 0.3 is 59.1 Å². The van der Waals surface area contributed by atoms with Gasteiger partial charge in [-0.3, -0.25) is 14.4 Å². The van der Waals surface area contributed by atoms with Crippen LogP contribution in [0.1, 0.15) is 74.0 Å². The van der Waals surface area contributed by atoms with Crippen LogP contribution in [0.4, 0.5) is 5.69 Å². The van der Waals surface area contributed by atoms with Gasteiger partial charge in [-0.05, 0) is 109 Å². The fraction of sp³-hybridized carbons (Fsp3) is 0.295. The van der Waals surface area contributed by atoms with E-state index in [0.717, 1.165) is 58.5 Å². The van der Waals surface area contributed by atoms with E-state index >= 15 is 0 Å². The fourth-order valence-electron chi connectivity index (χ4n) is 8.44. The molecule has 4 aromatic carbocycles. The molecule has 0 bridgehead atoms. The average Bonchev–Trinajstić information content (AvgIpc) is 3.58. The monoisotopic (exact) mass is 816 g/mol. The van der Waals surface area contributed by atoms with Crippen LogP contribution in [0.5, 0.6) is 5.75 Å². The number of carbonyl (C=O) groups excluding carboxylic acids is 3. The summed E-state index contributed by atoms with van der Waals surface area (Å²) in [6.45, 7) is 4.24. The molecular weight excluding hydrogens is 773 g/mol. The summed E-state index contributed by atoms with van der Waals surface area (Å²) in [5.41, 5.74) is 9.41. The zero-order chi connectivity index (χ0) is 39.1. The second-order valence-electron chi connectivity index (χ2n) is 15.0. The Morgan fingerprint density at radius 1 is 0.793 bits per heavy atom. The first kappa shape index (κ1) is 44.1. The topological polar surface area (TPSA) is 138 Å². The van der Waals surface area contributed by atoms with Crippen LogP contribution in [0.2, 0.25) is 0 Å². The third-order valence-corrected chi connectivity index (χ3v) is 11.8. The summed E-state index contributed by atoms with van der Waals surface area (Å²) >= 11 is 0. The van der Waals surface area contributed by atoms with Crippen LogP contribution in [0, 0.1) is 0 Å². The van der Waals surface area contributed by atoms with E-state index in [0.29, 0.717) is 62.3 Å². The summed E-state index contributed by atoms with van der Waals surface area (Å²) in [6.07, 6.45) is 4.23. The van der Waals surface area contributed by atoms with Crippen molar-refractivity contribution in [2.45, 2.75) is 71.1 Å². The molecule has 3 aliphatic rings. The summed E-state index contributed by atoms with van der Waals surface area (Å²) in [5.74, 6) is -0.428. The Morgan fingerprint density at radius 3 is 2.22 bits per heavy atom. The Kier molecular flexibility index (Phi) is 14.0. The minimum absolute atomic E-state index is 0. The minimum atomic E-state index is -5.23. The van der Waals surface area contributed by atoms with Gasteiger partial charge in [-0.2, -0.15) is 0 Å². The SMILES string of the molecule is C[C@@H]1Cc2ccccc2CN1C(=O)c1cc2c(cc1-c1cc(C(=O)N(C)c3ccc(OP(=O)([O-])[O-])cc3)c3n1CCCC3)CCN(C(=O)Cc1ccccc1)C2.[Na+].[Na+]. The number of nitrogens with zero attached hydrogens (tertiary/aromatic N) is 4. The zero-order valence-corrected chi connectivity index (χ0v) is 38.4. The zero-order valence-electron chi connectivity index (χ0n) is 33.5. The first-order valence-electron chi connectivity index (χ1n) is 19.1. The van der Waals surface area contributed by atoms with E-state index in [1.165, 1.54) is 34.7 Å². The smallest absolute Gasteiger partial charge is 0.780 e. The predicted octanol–water partition coefficient (Wildman–Crippen LogP) is -0.302. The molecular formula is C44H43N4Na2O7P. The van der Waals surface area contributed by atoms with Crippen molar-refractivity contribution in [3.05, 3.63) is 142 Å². The number of carbonyl (C=O) groups is 3. The molecule has 3 amide bonds. The van der Waals surface area contributed by atoms with Crippen LogP contribution in [0.25, 0.3) is 11.3 Å². The van der Waals surface area contributed by atoms with Crippen LogP contribution in [0.3, 0.4) is 0 Å². The van der Waals surface area contributed by atoms with E-state index in [2.05, 4.69) is 34.2 Å². The maximum atomic E-state index is 15.0. The molecule has 8 rings (SSSR count). The standard InChI is InChI=1S/C44H45N4O7P.2Na/c1-29-22-31-12-6-7-13-33(31)28-48(29)44(51)38-25-34-27-46(42(49)23-30-10-4-3-5-11-30)21-19-32(34)24-37(38)41-26-39(40-14-8-9-20-47(40)41)43(50)45(2)35-15-17-36(18-16-35)55-56(52,53)54;;/h3-7,10-13,15-18,24-26,29H,8-9,14,19-23,27-28H2,1-2H3,(H2,52,53,54);;/q;2*+1/p-2/t29-;;/m1../s1. The van der Waals surface area contributed by atoms with Crippen molar-refractivity contribution in [1.29, 1.82) is 0 Å². The number of hydrogen-bond acceptors (Lipinski definition) is 7. The Balaban J connectivity index is 0.00000283. The summed E-state index contributed by atoms with van der Waals surface area (Å²) in [5, 5.41) is 0. The predicted molar refractivity (Wildman–Crippen MR) is 209 cm³/mol. The molecule has 5 aromatic rings.